The summed E-state index contributed by atoms with van der Waals surface area (Å²) >= 11 is 0. The van der Waals surface area contributed by atoms with Gasteiger partial charge in [0, 0.05) is 13.1 Å². The van der Waals surface area contributed by atoms with Gasteiger partial charge in [-0.3, -0.25) is 19.2 Å². The lowest BCUT2D eigenvalue weighted by Gasteiger charge is -2.38. The Bertz CT molecular complexity index is 1170. The molecule has 3 saturated carbocycles. The Kier molecular flexibility index (Phi) is 10.4. The zero-order chi connectivity index (χ0) is 33.3. The minimum atomic E-state index is -1.09. The number of alkyl carbamates (subject to hydrolysis) is 1. The van der Waals surface area contributed by atoms with Gasteiger partial charge in [-0.1, -0.05) is 60.8 Å². The lowest BCUT2D eigenvalue weighted by molar-refractivity contribution is -0.144. The molecule has 252 valence electrons. The fourth-order valence-electron chi connectivity index (χ4n) is 6.16. The van der Waals surface area contributed by atoms with E-state index in [1.807, 2.05) is 41.5 Å². The molecular weight excluding hydrogens is 580 g/mol. The summed E-state index contributed by atoms with van der Waals surface area (Å²) in [6, 6.07) is -3.96. The highest BCUT2D eigenvalue weighted by molar-refractivity contribution is 6.37. The van der Waals surface area contributed by atoms with E-state index in [9.17, 15) is 28.8 Å². The van der Waals surface area contributed by atoms with Gasteiger partial charge in [0.05, 0.1) is 12.1 Å². The number of ether oxygens (including phenoxy) is 1. The lowest BCUT2D eigenvalue weighted by atomic mass is 9.80. The monoisotopic (exact) mass is 632 g/mol. The summed E-state index contributed by atoms with van der Waals surface area (Å²) in [7, 11) is 0. The van der Waals surface area contributed by atoms with E-state index in [0.29, 0.717) is 25.4 Å². The average molecular weight is 633 g/mol. The van der Waals surface area contributed by atoms with Crippen LogP contribution in [0.2, 0.25) is 0 Å². The topological polar surface area (TPSA) is 189 Å². The number of nitrogens with zero attached hydrogens (tertiary/aromatic N) is 1. The number of ketones is 1. The Morgan fingerprint density at radius 2 is 1.56 bits per heavy atom. The number of amides is 6. The van der Waals surface area contributed by atoms with E-state index >= 15 is 0 Å². The van der Waals surface area contributed by atoms with E-state index in [1.54, 1.807) is 0 Å². The van der Waals surface area contributed by atoms with Crippen molar-refractivity contribution in [3.05, 3.63) is 0 Å². The number of carbonyl (C=O) groups is 6. The number of rotatable bonds is 13. The van der Waals surface area contributed by atoms with Crippen molar-refractivity contribution in [3.8, 4) is 0 Å². The molecule has 13 nitrogen and oxygen atoms in total. The highest BCUT2D eigenvalue weighted by Gasteiger charge is 2.58. The fourth-order valence-corrected chi connectivity index (χ4v) is 6.16. The summed E-state index contributed by atoms with van der Waals surface area (Å²) in [6.07, 6.45) is 5.68. The molecule has 1 heterocycles. The Morgan fingerprint density at radius 3 is 2.09 bits per heavy atom. The quantitative estimate of drug-likeness (QED) is 0.191. The van der Waals surface area contributed by atoms with Gasteiger partial charge in [0.2, 0.25) is 17.6 Å². The Labute approximate surface area is 265 Å². The number of nitrogens with two attached hydrogens (primary N) is 1. The minimum absolute atomic E-state index is 0.0503. The first kappa shape index (κ1) is 34.5. The van der Waals surface area contributed by atoms with Crippen LogP contribution < -0.4 is 27.0 Å². The normalized spacial score (nSPS) is 24.7. The van der Waals surface area contributed by atoms with Crippen LogP contribution >= 0.6 is 0 Å². The van der Waals surface area contributed by atoms with E-state index in [4.69, 9.17) is 10.5 Å². The Balaban J connectivity index is 1.41. The molecule has 4 aliphatic rings. The fraction of sp³-hybridized carbons (Fsp3) is 0.812. The first-order valence-electron chi connectivity index (χ1n) is 16.4. The van der Waals surface area contributed by atoms with Gasteiger partial charge in [-0.25, -0.2) is 9.59 Å². The predicted octanol–water partition coefficient (Wildman–Crippen LogP) is 1.83. The van der Waals surface area contributed by atoms with Gasteiger partial charge in [-0.05, 0) is 60.2 Å². The zero-order valence-corrected chi connectivity index (χ0v) is 27.6. The summed E-state index contributed by atoms with van der Waals surface area (Å²) in [4.78, 5) is 79.1. The van der Waals surface area contributed by atoms with Crippen molar-refractivity contribution in [2.75, 3.05) is 19.7 Å². The summed E-state index contributed by atoms with van der Waals surface area (Å²) in [5.74, 6) is -1.95. The number of nitrogens with one attached hydrogen (secondary N) is 4. The number of primary amides is 1. The van der Waals surface area contributed by atoms with Crippen molar-refractivity contribution in [1.82, 2.24) is 26.2 Å². The summed E-state index contributed by atoms with van der Waals surface area (Å²) in [5.41, 5.74) is 4.11. The number of Topliss-reactive ketones (excluding diaryl/α,β-unsaturated/α-hetero) is 1. The second-order valence-corrected chi connectivity index (χ2v) is 15.7. The van der Waals surface area contributed by atoms with Gasteiger partial charge in [0.25, 0.3) is 5.91 Å². The predicted molar refractivity (Wildman–Crippen MR) is 165 cm³/mol. The van der Waals surface area contributed by atoms with Crippen LogP contribution in [0.4, 0.5) is 9.59 Å². The van der Waals surface area contributed by atoms with Crippen LogP contribution in [0.25, 0.3) is 0 Å². The van der Waals surface area contributed by atoms with Gasteiger partial charge >= 0.3 is 12.1 Å². The maximum Gasteiger partial charge on any atom is 0.407 e. The second kappa shape index (κ2) is 13.5. The molecule has 6 N–H and O–H groups in total. The third-order valence-electron chi connectivity index (χ3n) is 9.72. The molecule has 1 saturated heterocycles. The van der Waals surface area contributed by atoms with Crippen molar-refractivity contribution in [2.24, 2.45) is 40.2 Å². The molecule has 6 atom stereocenters. The Hall–Kier alpha value is -3.38. The molecule has 0 spiro atoms. The van der Waals surface area contributed by atoms with Gasteiger partial charge in [-0.2, -0.15) is 0 Å². The third-order valence-corrected chi connectivity index (χ3v) is 9.72. The molecule has 0 aromatic rings. The van der Waals surface area contributed by atoms with Crippen LogP contribution in [-0.4, -0.2) is 84.4 Å². The molecule has 13 heteroatoms. The summed E-state index contributed by atoms with van der Waals surface area (Å²) in [6.45, 7) is 12.1. The van der Waals surface area contributed by atoms with Crippen molar-refractivity contribution in [1.29, 1.82) is 0 Å². The van der Waals surface area contributed by atoms with Crippen LogP contribution in [0.1, 0.15) is 86.5 Å². The Morgan fingerprint density at radius 1 is 0.889 bits per heavy atom. The van der Waals surface area contributed by atoms with Crippen molar-refractivity contribution in [2.45, 2.75) is 111 Å². The number of fused-ring (bicyclic) bond motifs is 1. The molecule has 1 aliphatic heterocycles. The zero-order valence-electron chi connectivity index (χ0n) is 27.6. The number of hydrogen-bond donors (Lipinski definition) is 5. The van der Waals surface area contributed by atoms with E-state index in [1.165, 1.54) is 4.90 Å². The summed E-state index contributed by atoms with van der Waals surface area (Å²) in [5, 5.41) is 11.2. The number of likely N-dealkylation sites (tertiary alicyclic amines) is 1. The molecule has 6 amide bonds. The largest absolute Gasteiger partial charge is 0.447 e. The second-order valence-electron chi connectivity index (χ2n) is 15.7. The number of urea groups is 1. The highest BCUT2D eigenvalue weighted by Crippen LogP contribution is 2.50. The van der Waals surface area contributed by atoms with Crippen LogP contribution in [0, 0.1) is 34.5 Å². The summed E-state index contributed by atoms with van der Waals surface area (Å²) < 4.78 is 5.40. The molecule has 3 aliphatic carbocycles. The van der Waals surface area contributed by atoms with Crippen molar-refractivity contribution in [3.63, 3.8) is 0 Å². The first-order valence-corrected chi connectivity index (χ1v) is 16.4. The smallest absolute Gasteiger partial charge is 0.407 e. The number of hydrogen-bond acceptors (Lipinski definition) is 7. The SMILES string of the molecule is CC(C)(C)C(COC(=O)NCC1CC1)NC(=O)NC(C(=O)N1C[C@@H]2CC2C1C(=O)NC(CC1CCC1)C(=O)C(N)=O)C(C)(C)C. The first-order chi connectivity index (χ1) is 21.0. The standard InChI is InChI=1S/C32H52N6O7/c1-31(2,3)22(16-45-30(44)34-14-18-10-11-18)36-29(43)37-25(32(4,5)6)28(42)38-15-19-13-20(19)23(38)27(41)35-21(24(39)26(33)40)12-17-8-7-9-17/h17-23,25H,7-16H2,1-6H3,(H2,33,40)(H,34,44)(H,35,41)(H2,36,37,43)/t19-,20?,21?,22?,23?,25?/m0/s1. The molecule has 5 unspecified atom stereocenters. The molecule has 0 radical (unpaired) electrons. The molecule has 4 rings (SSSR count). The van der Waals surface area contributed by atoms with Crippen LogP contribution in [0.15, 0.2) is 0 Å². The van der Waals surface area contributed by atoms with Crippen molar-refractivity contribution < 1.29 is 33.5 Å². The van der Waals surface area contributed by atoms with Gasteiger partial charge in [0.15, 0.2) is 0 Å². The van der Waals surface area contributed by atoms with Crippen LogP contribution in [-0.2, 0) is 23.9 Å². The third kappa shape index (κ3) is 9.09. The number of carbonyl (C=O) groups excluding carboxylic acids is 6. The van der Waals surface area contributed by atoms with E-state index in [2.05, 4.69) is 21.3 Å². The van der Waals surface area contributed by atoms with Gasteiger partial charge in [0.1, 0.15) is 18.7 Å². The van der Waals surface area contributed by atoms with E-state index in [-0.39, 0.29) is 24.4 Å². The maximum absolute atomic E-state index is 14.1. The van der Waals surface area contributed by atoms with Gasteiger partial charge < -0.3 is 36.6 Å². The van der Waals surface area contributed by atoms with Crippen molar-refractivity contribution >= 4 is 35.6 Å². The minimum Gasteiger partial charge on any atom is -0.447 e. The van der Waals surface area contributed by atoms with Crippen LogP contribution in [0.5, 0.6) is 0 Å². The molecular formula is C32H52N6O7. The average Bonchev–Trinajstić information content (AvgIpc) is 3.85. The molecule has 45 heavy (non-hydrogen) atoms. The van der Waals surface area contributed by atoms with E-state index < -0.39 is 70.6 Å². The highest BCUT2D eigenvalue weighted by atomic mass is 16.5. The molecule has 0 bridgehead atoms. The lowest BCUT2D eigenvalue weighted by Crippen LogP contribution is -2.62. The number of piperidine rings is 1. The molecule has 0 aromatic heterocycles. The maximum atomic E-state index is 14.1. The van der Waals surface area contributed by atoms with Crippen LogP contribution in [0.3, 0.4) is 0 Å². The van der Waals surface area contributed by atoms with E-state index in [0.717, 1.165) is 38.5 Å². The van der Waals surface area contributed by atoms with Gasteiger partial charge in [-0.15, -0.1) is 0 Å². The molecule has 0 aromatic carbocycles. The molecule has 4 fully saturated rings.